The second-order valence-electron chi connectivity index (χ2n) is 7.96. The fraction of sp³-hybridized carbons (Fsp3) is 0.619. The van der Waals surface area contributed by atoms with Crippen LogP contribution in [0.25, 0.3) is 0 Å². The summed E-state index contributed by atoms with van der Waals surface area (Å²) in [5.74, 6) is -0.270. The molecule has 0 bridgehead atoms. The van der Waals surface area contributed by atoms with Crippen LogP contribution in [-0.4, -0.2) is 41.1 Å². The van der Waals surface area contributed by atoms with Crippen molar-refractivity contribution in [2.24, 2.45) is 5.92 Å². The quantitative estimate of drug-likeness (QED) is 0.875. The van der Waals surface area contributed by atoms with E-state index in [1.165, 1.54) is 24.3 Å². The van der Waals surface area contributed by atoms with Gasteiger partial charge in [-0.2, -0.15) is 0 Å². The van der Waals surface area contributed by atoms with Gasteiger partial charge in [0.25, 0.3) is 5.91 Å². The Morgan fingerprint density at radius 2 is 1.93 bits per heavy atom. The maximum absolute atomic E-state index is 13.3. The minimum absolute atomic E-state index is 0.0307. The molecule has 2 aliphatic rings. The summed E-state index contributed by atoms with van der Waals surface area (Å²) in [6, 6.07) is 4.85. The Morgan fingerprint density at radius 1 is 1.30 bits per heavy atom. The standard InChI is InChI=1S/C21H29FN2O3/c1-4-15(3)23-19(25)18-13-27-21(11-9-14(2)10-12-21)24(18)20(26)16-5-7-17(22)8-6-16/h5-8,14-15,18H,4,9-13H2,1-3H3,(H,23,25)/t14?,15-,18+,21?/m1/s1. The predicted octanol–water partition coefficient (Wildman–Crippen LogP) is 3.49. The highest BCUT2D eigenvalue weighted by molar-refractivity contribution is 5.98. The molecule has 0 aromatic heterocycles. The van der Waals surface area contributed by atoms with Gasteiger partial charge in [-0.15, -0.1) is 0 Å². The van der Waals surface area contributed by atoms with Gasteiger partial charge < -0.3 is 10.1 Å². The number of nitrogens with one attached hydrogen (secondary N) is 1. The van der Waals surface area contributed by atoms with E-state index < -0.39 is 17.6 Å². The molecule has 1 aromatic rings. The molecule has 148 valence electrons. The number of carbonyl (C=O) groups excluding carboxylic acids is 2. The fourth-order valence-corrected chi connectivity index (χ4v) is 3.95. The Labute approximate surface area is 160 Å². The van der Waals surface area contributed by atoms with E-state index in [0.29, 0.717) is 24.3 Å². The molecule has 1 aliphatic carbocycles. The van der Waals surface area contributed by atoms with Crippen LogP contribution in [0.4, 0.5) is 4.39 Å². The molecular weight excluding hydrogens is 347 g/mol. The van der Waals surface area contributed by atoms with Crippen molar-refractivity contribution >= 4 is 11.8 Å². The Kier molecular flexibility index (Phi) is 5.84. The van der Waals surface area contributed by atoms with Crippen molar-refractivity contribution in [3.63, 3.8) is 0 Å². The molecule has 1 heterocycles. The van der Waals surface area contributed by atoms with E-state index in [-0.39, 0.29) is 24.5 Å². The Balaban J connectivity index is 1.90. The monoisotopic (exact) mass is 376 g/mol. The molecule has 0 radical (unpaired) electrons. The molecule has 1 N–H and O–H groups in total. The Hall–Kier alpha value is -1.95. The number of hydrogen-bond donors (Lipinski definition) is 1. The smallest absolute Gasteiger partial charge is 0.256 e. The lowest BCUT2D eigenvalue weighted by molar-refractivity contribution is -0.128. The minimum atomic E-state index is -0.741. The molecule has 6 heteroatoms. The van der Waals surface area contributed by atoms with Crippen molar-refractivity contribution < 1.29 is 18.7 Å². The number of nitrogens with zero attached hydrogens (tertiary/aromatic N) is 1. The first-order valence-corrected chi connectivity index (χ1v) is 9.90. The zero-order valence-corrected chi connectivity index (χ0v) is 16.3. The largest absolute Gasteiger partial charge is 0.353 e. The molecule has 2 fully saturated rings. The molecule has 2 amide bonds. The van der Waals surface area contributed by atoms with Crippen LogP contribution >= 0.6 is 0 Å². The van der Waals surface area contributed by atoms with Crippen LogP contribution in [0.15, 0.2) is 24.3 Å². The van der Waals surface area contributed by atoms with Crippen LogP contribution in [0.5, 0.6) is 0 Å². The van der Waals surface area contributed by atoms with Crippen LogP contribution < -0.4 is 5.32 Å². The summed E-state index contributed by atoms with van der Waals surface area (Å²) < 4.78 is 19.4. The molecule has 1 aliphatic heterocycles. The highest BCUT2D eigenvalue weighted by Gasteiger charge is 2.53. The first-order valence-electron chi connectivity index (χ1n) is 9.90. The van der Waals surface area contributed by atoms with Crippen LogP contribution in [-0.2, 0) is 9.53 Å². The topological polar surface area (TPSA) is 58.6 Å². The summed E-state index contributed by atoms with van der Waals surface area (Å²) in [6.45, 7) is 6.34. The predicted molar refractivity (Wildman–Crippen MR) is 101 cm³/mol. The SMILES string of the molecule is CC[C@@H](C)NC(=O)[C@@H]1COC2(CCC(C)CC2)N1C(=O)c1ccc(F)cc1. The van der Waals surface area contributed by atoms with Crippen molar-refractivity contribution in [2.45, 2.75) is 70.7 Å². The van der Waals surface area contributed by atoms with E-state index in [4.69, 9.17) is 4.74 Å². The van der Waals surface area contributed by atoms with E-state index >= 15 is 0 Å². The van der Waals surface area contributed by atoms with Gasteiger partial charge in [-0.1, -0.05) is 13.8 Å². The minimum Gasteiger partial charge on any atom is -0.353 e. The summed E-state index contributed by atoms with van der Waals surface area (Å²) in [7, 11) is 0. The maximum Gasteiger partial charge on any atom is 0.256 e. The van der Waals surface area contributed by atoms with Gasteiger partial charge in [0.05, 0.1) is 6.61 Å². The van der Waals surface area contributed by atoms with Gasteiger partial charge >= 0.3 is 0 Å². The second-order valence-corrected chi connectivity index (χ2v) is 7.96. The number of benzene rings is 1. The highest BCUT2D eigenvalue weighted by atomic mass is 19.1. The summed E-state index contributed by atoms with van der Waals surface area (Å²) >= 11 is 0. The van der Waals surface area contributed by atoms with Gasteiger partial charge in [0, 0.05) is 11.6 Å². The zero-order chi connectivity index (χ0) is 19.6. The number of ether oxygens (including phenoxy) is 1. The van der Waals surface area contributed by atoms with E-state index in [1.807, 2.05) is 13.8 Å². The molecule has 27 heavy (non-hydrogen) atoms. The lowest BCUT2D eigenvalue weighted by atomic mass is 9.83. The van der Waals surface area contributed by atoms with E-state index in [1.54, 1.807) is 4.90 Å². The van der Waals surface area contributed by atoms with Gasteiger partial charge in [0.15, 0.2) is 0 Å². The van der Waals surface area contributed by atoms with Crippen molar-refractivity contribution in [1.82, 2.24) is 10.2 Å². The molecule has 2 atom stereocenters. The first-order chi connectivity index (χ1) is 12.9. The third-order valence-electron chi connectivity index (χ3n) is 5.93. The van der Waals surface area contributed by atoms with Gasteiger partial charge in [-0.25, -0.2) is 4.39 Å². The summed E-state index contributed by atoms with van der Waals surface area (Å²) in [5, 5.41) is 2.97. The average molecular weight is 376 g/mol. The molecule has 1 saturated heterocycles. The maximum atomic E-state index is 13.3. The number of rotatable bonds is 4. The van der Waals surface area contributed by atoms with Crippen molar-refractivity contribution in [1.29, 1.82) is 0 Å². The first kappa shape index (κ1) is 19.8. The van der Waals surface area contributed by atoms with Crippen LogP contribution in [0, 0.1) is 11.7 Å². The fourth-order valence-electron chi connectivity index (χ4n) is 3.95. The van der Waals surface area contributed by atoms with Crippen LogP contribution in [0.2, 0.25) is 0 Å². The second kappa shape index (κ2) is 7.97. The molecular formula is C21H29FN2O3. The van der Waals surface area contributed by atoms with Crippen molar-refractivity contribution in [2.75, 3.05) is 6.61 Å². The van der Waals surface area contributed by atoms with Crippen LogP contribution in [0.1, 0.15) is 63.2 Å². The van der Waals surface area contributed by atoms with Gasteiger partial charge in [-0.05, 0) is 69.2 Å². The summed E-state index contributed by atoms with van der Waals surface area (Å²) in [5.41, 5.74) is -0.364. The Morgan fingerprint density at radius 3 is 2.52 bits per heavy atom. The van der Waals surface area contributed by atoms with Gasteiger partial charge in [0.1, 0.15) is 17.6 Å². The normalized spacial score (nSPS) is 29.0. The highest BCUT2D eigenvalue weighted by Crippen LogP contribution is 2.43. The lowest BCUT2D eigenvalue weighted by Crippen LogP contribution is -2.57. The zero-order valence-electron chi connectivity index (χ0n) is 16.3. The summed E-state index contributed by atoms with van der Waals surface area (Å²) in [4.78, 5) is 27.8. The number of halogens is 1. The molecule has 0 unspecified atom stereocenters. The van der Waals surface area contributed by atoms with E-state index in [2.05, 4.69) is 12.2 Å². The Bertz CT molecular complexity index is 683. The molecule has 3 rings (SSSR count). The van der Waals surface area contributed by atoms with E-state index in [0.717, 1.165) is 19.3 Å². The van der Waals surface area contributed by atoms with Gasteiger partial charge in [-0.3, -0.25) is 14.5 Å². The number of amides is 2. The van der Waals surface area contributed by atoms with E-state index in [9.17, 15) is 14.0 Å². The number of carbonyl (C=O) groups is 2. The summed E-state index contributed by atoms with van der Waals surface area (Å²) in [6.07, 6.45) is 4.15. The number of hydrogen-bond acceptors (Lipinski definition) is 3. The van der Waals surface area contributed by atoms with Gasteiger partial charge in [0.2, 0.25) is 5.91 Å². The van der Waals surface area contributed by atoms with Crippen molar-refractivity contribution in [3.05, 3.63) is 35.6 Å². The molecule has 1 spiro atoms. The third-order valence-corrected chi connectivity index (χ3v) is 5.93. The lowest BCUT2D eigenvalue weighted by Gasteiger charge is -2.43. The van der Waals surface area contributed by atoms with Crippen molar-refractivity contribution in [3.8, 4) is 0 Å². The molecule has 1 aromatic carbocycles. The third kappa shape index (κ3) is 4.00. The molecule has 5 nitrogen and oxygen atoms in total. The van der Waals surface area contributed by atoms with Crippen LogP contribution in [0.3, 0.4) is 0 Å². The average Bonchev–Trinajstić information content (AvgIpc) is 3.03. The molecule has 1 saturated carbocycles.